The van der Waals surface area contributed by atoms with Crippen LogP contribution in [-0.4, -0.2) is 0 Å². The van der Waals surface area contributed by atoms with E-state index in [2.05, 4.69) is 12.2 Å². The van der Waals surface area contributed by atoms with Crippen molar-refractivity contribution in [2.45, 2.75) is 222 Å². The highest BCUT2D eigenvalue weighted by molar-refractivity contribution is 4.94. The van der Waals surface area contributed by atoms with Gasteiger partial charge in [0.1, 0.15) is 0 Å². The molecule has 12 aliphatic carbocycles. The Labute approximate surface area is 292 Å². The zero-order valence-corrected chi connectivity index (χ0v) is 28.1. The van der Waals surface area contributed by atoms with Crippen LogP contribution in [0.4, 0.5) is 0 Å². The van der Waals surface area contributed by atoms with Gasteiger partial charge in [0.2, 0.25) is 0 Å². The molecular formula is C46H88. The van der Waals surface area contributed by atoms with E-state index >= 15 is 0 Å². The molecule has 12 rings (SSSR count). The lowest BCUT2D eigenvalue weighted by Crippen LogP contribution is -2.38. The molecule has 0 N–H and O–H groups in total. The van der Waals surface area contributed by atoms with Gasteiger partial charge in [0.25, 0.3) is 0 Å². The van der Waals surface area contributed by atoms with Gasteiger partial charge in [-0.05, 0) is 117 Å². The topological polar surface area (TPSA) is 0 Å². The molecule has 10 saturated carbocycles. The fraction of sp³-hybridized carbons (Fsp3) is 0.957. The van der Waals surface area contributed by atoms with Crippen molar-refractivity contribution in [1.29, 1.82) is 0 Å². The number of fused-ring (bicyclic) bond motifs is 12. The molecule has 0 heteroatoms. The van der Waals surface area contributed by atoms with Gasteiger partial charge in [0, 0.05) is 0 Å². The average Bonchev–Trinajstić information content (AvgIpc) is 2.91. The molecule has 0 nitrogen and oxygen atoms in total. The highest BCUT2D eigenvalue weighted by atomic mass is 14.5. The second kappa shape index (κ2) is 22.5. The lowest BCUT2D eigenvalue weighted by Gasteiger charge is -2.49. The van der Waals surface area contributed by atoms with E-state index in [4.69, 9.17) is 0 Å². The molecule has 0 amide bonds. The predicted octanol–water partition coefficient (Wildman–Crippen LogP) is 16.0. The van der Waals surface area contributed by atoms with E-state index in [-0.39, 0.29) is 29.7 Å². The maximum atomic E-state index is 2.48. The molecule has 272 valence electrons. The van der Waals surface area contributed by atoms with Crippen molar-refractivity contribution in [2.24, 2.45) is 59.2 Å². The van der Waals surface area contributed by atoms with Crippen LogP contribution in [0.25, 0.3) is 0 Å². The lowest BCUT2D eigenvalue weighted by molar-refractivity contribution is 0.0198. The van der Waals surface area contributed by atoms with Crippen LogP contribution in [0.1, 0.15) is 222 Å². The van der Waals surface area contributed by atoms with Crippen molar-refractivity contribution in [3.63, 3.8) is 0 Å². The maximum Gasteiger partial charge on any atom is -0.0234 e. The molecule has 0 heterocycles. The summed E-state index contributed by atoms with van der Waals surface area (Å²) in [7, 11) is 0. The summed E-state index contributed by atoms with van der Waals surface area (Å²) in [6.45, 7) is 0. The van der Waals surface area contributed by atoms with Crippen LogP contribution in [0.3, 0.4) is 0 Å². The number of allylic oxidation sites excluding steroid dienone is 2. The Hall–Kier alpha value is -0.260. The van der Waals surface area contributed by atoms with Crippen molar-refractivity contribution in [3.05, 3.63) is 12.2 Å². The molecule has 12 aliphatic rings. The summed E-state index contributed by atoms with van der Waals surface area (Å²) in [5.74, 6) is 11.2. The van der Waals surface area contributed by atoms with Crippen LogP contribution in [0, 0.1) is 59.2 Å². The predicted molar refractivity (Wildman–Crippen MR) is 209 cm³/mol. The Bertz CT molecular complexity index is 649. The fourth-order valence-electron chi connectivity index (χ4n) is 12.3. The third-order valence-electron chi connectivity index (χ3n) is 14.4. The molecule has 0 aliphatic heterocycles. The molecule has 0 aromatic heterocycles. The number of rotatable bonds is 0. The van der Waals surface area contributed by atoms with Gasteiger partial charge in [-0.15, -0.1) is 0 Å². The van der Waals surface area contributed by atoms with Crippen molar-refractivity contribution in [3.8, 4) is 0 Å². The molecular weight excluding hydrogens is 553 g/mol. The molecule has 0 aromatic rings. The zero-order valence-electron chi connectivity index (χ0n) is 28.1. The fourth-order valence-corrected chi connectivity index (χ4v) is 12.3. The highest BCUT2D eigenvalue weighted by Gasteiger charge is 2.41. The van der Waals surface area contributed by atoms with Crippen LogP contribution < -0.4 is 0 Å². The number of hydrogen-bond donors (Lipinski definition) is 0. The smallest absolute Gasteiger partial charge is 0.0234 e. The third-order valence-corrected chi connectivity index (χ3v) is 14.4. The van der Waals surface area contributed by atoms with E-state index in [1.807, 2.05) is 0 Å². The Morgan fingerprint density at radius 1 is 0.283 bits per heavy atom. The normalized spacial score (nSPS) is 39.8. The van der Waals surface area contributed by atoms with Crippen LogP contribution in [0.15, 0.2) is 12.2 Å². The molecule has 0 radical (unpaired) electrons. The summed E-state index contributed by atoms with van der Waals surface area (Å²) in [5, 5.41) is 0. The summed E-state index contributed by atoms with van der Waals surface area (Å²) in [4.78, 5) is 0. The average molecular weight is 641 g/mol. The maximum absolute atomic E-state index is 2.48. The SMILES string of the molecule is C.C.C.C.C1=CC2CCCC(C1)CCC2.C1C2CC3CC1CC(C2)C3.C1CC2CCCC(C1)CCC2.C1CCC2CCCCC2C1. The molecule has 0 aromatic carbocycles. The zero-order chi connectivity index (χ0) is 28.4. The summed E-state index contributed by atoms with van der Waals surface area (Å²) in [5.41, 5.74) is 0. The molecule has 46 heavy (non-hydrogen) atoms. The van der Waals surface area contributed by atoms with Gasteiger partial charge in [-0.2, -0.15) is 0 Å². The van der Waals surface area contributed by atoms with E-state index in [1.165, 1.54) is 114 Å². The molecule has 0 atom stereocenters. The second-order valence-electron chi connectivity index (χ2n) is 17.6. The van der Waals surface area contributed by atoms with Crippen molar-refractivity contribution < 1.29 is 0 Å². The molecule has 0 spiro atoms. The molecule has 0 unspecified atom stereocenters. The van der Waals surface area contributed by atoms with E-state index in [9.17, 15) is 0 Å². The van der Waals surface area contributed by atoms with Crippen LogP contribution in [0.5, 0.6) is 0 Å². The standard InChI is InChI=1S/C11H20.C11H18.C10H16.C10H18.4CH4/c2*1-4-10-6-2-7-11(5-1)9-3-8-10;1-7-2-9-4-8(1)5-10(3-7)6-9;1-2-6-10-8-4-3-7-9(10)5-1;;;;/h10-11H,1-9H2;1,4,10-11H,2-3,5-9H2;7-10H,1-6H2;9-10H,1-8H2;4*1H4. The van der Waals surface area contributed by atoms with Gasteiger partial charge in [-0.25, -0.2) is 0 Å². The Balaban J connectivity index is 0.000000208. The van der Waals surface area contributed by atoms with Crippen LogP contribution in [0.2, 0.25) is 0 Å². The largest absolute Gasteiger partial charge is 0.0880 e. The van der Waals surface area contributed by atoms with Crippen LogP contribution >= 0.6 is 0 Å². The monoisotopic (exact) mass is 641 g/mol. The Morgan fingerprint density at radius 3 is 0.935 bits per heavy atom. The van der Waals surface area contributed by atoms with Crippen molar-refractivity contribution in [2.75, 3.05) is 0 Å². The summed E-state index contributed by atoms with van der Waals surface area (Å²) in [6, 6.07) is 0. The quantitative estimate of drug-likeness (QED) is 0.231. The first kappa shape index (κ1) is 41.9. The minimum absolute atomic E-state index is 0. The minimum atomic E-state index is 0. The first-order chi connectivity index (χ1) is 20.8. The second-order valence-corrected chi connectivity index (χ2v) is 17.6. The Morgan fingerprint density at radius 2 is 0.587 bits per heavy atom. The molecule has 8 bridgehead atoms. The van der Waals surface area contributed by atoms with E-state index < -0.39 is 0 Å². The van der Waals surface area contributed by atoms with Crippen molar-refractivity contribution in [1.82, 2.24) is 0 Å². The van der Waals surface area contributed by atoms with Gasteiger partial charge in [-0.3, -0.25) is 0 Å². The Kier molecular flexibility index (Phi) is 20.5. The summed E-state index contributed by atoms with van der Waals surface area (Å²) >= 11 is 0. The molecule has 10 fully saturated rings. The highest BCUT2D eigenvalue weighted by Crippen LogP contribution is 2.53. The lowest BCUT2D eigenvalue weighted by atomic mass is 9.56. The molecule has 0 saturated heterocycles. The first-order valence-electron chi connectivity index (χ1n) is 20.4. The van der Waals surface area contributed by atoms with Gasteiger partial charge in [0.15, 0.2) is 0 Å². The van der Waals surface area contributed by atoms with Gasteiger partial charge >= 0.3 is 0 Å². The van der Waals surface area contributed by atoms with Gasteiger partial charge < -0.3 is 0 Å². The van der Waals surface area contributed by atoms with E-state index in [0.29, 0.717) is 0 Å². The third kappa shape index (κ3) is 13.2. The minimum Gasteiger partial charge on any atom is -0.0880 e. The van der Waals surface area contributed by atoms with Gasteiger partial charge in [0.05, 0.1) is 0 Å². The summed E-state index contributed by atoms with van der Waals surface area (Å²) in [6.07, 6.45) is 51.1. The first-order valence-corrected chi connectivity index (χ1v) is 20.4. The number of hydrogen-bond acceptors (Lipinski definition) is 0. The van der Waals surface area contributed by atoms with E-state index in [1.54, 1.807) is 103 Å². The van der Waals surface area contributed by atoms with E-state index in [0.717, 1.165) is 35.5 Å². The summed E-state index contributed by atoms with van der Waals surface area (Å²) < 4.78 is 0. The van der Waals surface area contributed by atoms with Crippen LogP contribution in [-0.2, 0) is 0 Å². The van der Waals surface area contributed by atoms with Crippen molar-refractivity contribution >= 4 is 0 Å². The van der Waals surface area contributed by atoms with Gasteiger partial charge in [-0.1, -0.05) is 177 Å².